The fourth-order valence-corrected chi connectivity index (χ4v) is 3.50. The summed E-state index contributed by atoms with van der Waals surface area (Å²) in [7, 11) is 0. The summed E-state index contributed by atoms with van der Waals surface area (Å²) >= 11 is 0. The van der Waals surface area contributed by atoms with Gasteiger partial charge in [0.25, 0.3) is 0 Å². The lowest BCUT2D eigenvalue weighted by atomic mass is 9.86. The number of hydrogen-bond acceptors (Lipinski definition) is 2. The first-order chi connectivity index (χ1) is 9.34. The summed E-state index contributed by atoms with van der Waals surface area (Å²) in [5.41, 5.74) is 1.10. The van der Waals surface area contributed by atoms with Crippen LogP contribution in [0.4, 0.5) is 0 Å². The molecule has 102 valence electrons. The molecule has 2 nitrogen and oxygen atoms in total. The third-order valence-electron chi connectivity index (χ3n) is 4.62. The van der Waals surface area contributed by atoms with Crippen molar-refractivity contribution in [2.45, 2.75) is 50.9 Å². The van der Waals surface area contributed by atoms with Crippen LogP contribution in [-0.2, 0) is 4.79 Å². The number of rotatable bonds is 4. The zero-order valence-corrected chi connectivity index (χ0v) is 11.4. The third-order valence-corrected chi connectivity index (χ3v) is 4.62. The molecule has 0 aromatic heterocycles. The molecule has 1 heterocycles. The Hall–Kier alpha value is -1.31. The van der Waals surface area contributed by atoms with Crippen LogP contribution >= 0.6 is 0 Å². The highest BCUT2D eigenvalue weighted by Gasteiger charge is 2.27. The van der Waals surface area contributed by atoms with Crippen LogP contribution in [0.1, 0.15) is 56.4 Å². The molecule has 0 saturated heterocycles. The summed E-state index contributed by atoms with van der Waals surface area (Å²) in [5, 5.41) is 0. The molecule has 0 N–H and O–H groups in total. The number of carbonyl (C=O) groups excluding carboxylic acids is 1. The molecule has 0 bridgehead atoms. The molecule has 2 aliphatic rings. The van der Waals surface area contributed by atoms with Crippen molar-refractivity contribution in [3.8, 4) is 5.75 Å². The van der Waals surface area contributed by atoms with E-state index in [9.17, 15) is 4.79 Å². The first-order valence-electron chi connectivity index (χ1n) is 7.59. The second-order valence-corrected chi connectivity index (χ2v) is 5.88. The molecule has 1 saturated carbocycles. The van der Waals surface area contributed by atoms with Crippen LogP contribution in [-0.4, -0.2) is 12.4 Å². The van der Waals surface area contributed by atoms with E-state index in [-0.39, 0.29) is 5.92 Å². The second kappa shape index (κ2) is 5.77. The SMILES string of the molecule is O=C(CCC1CCCC1)C1CCOc2ccccc21. The summed E-state index contributed by atoms with van der Waals surface area (Å²) in [5.74, 6) is 2.21. The second-order valence-electron chi connectivity index (χ2n) is 5.88. The van der Waals surface area contributed by atoms with Gasteiger partial charge in [0, 0.05) is 17.9 Å². The highest BCUT2D eigenvalue weighted by atomic mass is 16.5. The van der Waals surface area contributed by atoms with Gasteiger partial charge in [-0.25, -0.2) is 0 Å². The van der Waals surface area contributed by atoms with Crippen LogP contribution in [0.2, 0.25) is 0 Å². The Labute approximate surface area is 115 Å². The fraction of sp³-hybridized carbons (Fsp3) is 0.588. The molecule has 2 heteroatoms. The predicted octanol–water partition coefficient (Wildman–Crippen LogP) is 4.09. The molecule has 3 rings (SSSR count). The number of ketones is 1. The van der Waals surface area contributed by atoms with Gasteiger partial charge in [0.2, 0.25) is 0 Å². The van der Waals surface area contributed by atoms with E-state index >= 15 is 0 Å². The molecule has 1 aromatic rings. The maximum atomic E-state index is 12.5. The summed E-state index contributed by atoms with van der Waals surface area (Å²) in [6, 6.07) is 8.01. The Bertz CT molecular complexity index is 446. The van der Waals surface area contributed by atoms with E-state index < -0.39 is 0 Å². The van der Waals surface area contributed by atoms with Crippen LogP contribution in [0.15, 0.2) is 24.3 Å². The van der Waals surface area contributed by atoms with Crippen LogP contribution in [0, 0.1) is 5.92 Å². The van der Waals surface area contributed by atoms with E-state index in [0.29, 0.717) is 12.4 Å². The number of hydrogen-bond donors (Lipinski definition) is 0. The van der Waals surface area contributed by atoms with E-state index in [1.165, 1.54) is 25.7 Å². The number of ether oxygens (including phenoxy) is 1. The molecule has 1 unspecified atom stereocenters. The smallest absolute Gasteiger partial charge is 0.140 e. The van der Waals surface area contributed by atoms with Crippen LogP contribution < -0.4 is 4.74 Å². The molecule has 0 amide bonds. The molecule has 0 radical (unpaired) electrons. The van der Waals surface area contributed by atoms with Crippen molar-refractivity contribution in [3.05, 3.63) is 29.8 Å². The van der Waals surface area contributed by atoms with Gasteiger partial charge in [-0.15, -0.1) is 0 Å². The number of carbonyl (C=O) groups is 1. The molecule has 19 heavy (non-hydrogen) atoms. The summed E-state index contributed by atoms with van der Waals surface area (Å²) in [6.07, 6.45) is 8.08. The Kier molecular flexibility index (Phi) is 3.86. The van der Waals surface area contributed by atoms with Gasteiger partial charge in [-0.1, -0.05) is 43.9 Å². The molecule has 1 aliphatic heterocycles. The molecule has 1 fully saturated rings. The van der Waals surface area contributed by atoms with Gasteiger partial charge in [-0.3, -0.25) is 4.79 Å². The van der Waals surface area contributed by atoms with Crippen molar-refractivity contribution in [1.29, 1.82) is 0 Å². The standard InChI is InChI=1S/C17H22O2/c18-16(10-9-13-5-1-2-6-13)14-11-12-19-17-8-4-3-7-15(14)17/h3-4,7-8,13-14H,1-2,5-6,9-12H2. The Balaban J connectivity index is 1.64. The molecular weight excluding hydrogens is 236 g/mol. The zero-order valence-electron chi connectivity index (χ0n) is 11.4. The van der Waals surface area contributed by atoms with Crippen LogP contribution in [0.25, 0.3) is 0 Å². The third kappa shape index (κ3) is 2.83. The minimum Gasteiger partial charge on any atom is -0.493 e. The van der Waals surface area contributed by atoms with Gasteiger partial charge >= 0.3 is 0 Å². The summed E-state index contributed by atoms with van der Waals surface area (Å²) < 4.78 is 5.63. The number of Topliss-reactive ketones (excluding diaryl/α,β-unsaturated/α-hetero) is 1. The number of fused-ring (bicyclic) bond motifs is 1. The van der Waals surface area contributed by atoms with E-state index in [2.05, 4.69) is 0 Å². The van der Waals surface area contributed by atoms with Crippen LogP contribution in [0.5, 0.6) is 5.75 Å². The first-order valence-corrected chi connectivity index (χ1v) is 7.59. The molecule has 1 aromatic carbocycles. The van der Waals surface area contributed by atoms with Gasteiger partial charge in [0.1, 0.15) is 11.5 Å². The fourth-order valence-electron chi connectivity index (χ4n) is 3.50. The lowest BCUT2D eigenvalue weighted by Gasteiger charge is -2.25. The summed E-state index contributed by atoms with van der Waals surface area (Å²) in [6.45, 7) is 0.677. The van der Waals surface area contributed by atoms with Gasteiger partial charge in [0.15, 0.2) is 0 Å². The maximum absolute atomic E-state index is 12.5. The highest BCUT2D eigenvalue weighted by Crippen LogP contribution is 2.36. The average Bonchev–Trinajstić information content (AvgIpc) is 2.97. The zero-order chi connectivity index (χ0) is 13.1. The largest absolute Gasteiger partial charge is 0.493 e. The van der Waals surface area contributed by atoms with Crippen molar-refractivity contribution in [2.24, 2.45) is 5.92 Å². The highest BCUT2D eigenvalue weighted by molar-refractivity contribution is 5.86. The van der Waals surface area contributed by atoms with Gasteiger partial charge in [-0.2, -0.15) is 0 Å². The van der Waals surface area contributed by atoms with Crippen molar-refractivity contribution in [1.82, 2.24) is 0 Å². The van der Waals surface area contributed by atoms with Gasteiger partial charge in [-0.05, 0) is 24.8 Å². The Morgan fingerprint density at radius 2 is 1.95 bits per heavy atom. The minimum absolute atomic E-state index is 0.0753. The monoisotopic (exact) mass is 258 g/mol. The molecule has 1 aliphatic carbocycles. The van der Waals surface area contributed by atoms with Gasteiger partial charge in [0.05, 0.1) is 6.61 Å². The number of benzene rings is 1. The van der Waals surface area contributed by atoms with Crippen molar-refractivity contribution >= 4 is 5.78 Å². The van der Waals surface area contributed by atoms with E-state index in [1.807, 2.05) is 24.3 Å². The molecule has 0 spiro atoms. The predicted molar refractivity (Wildman–Crippen MR) is 75.5 cm³/mol. The first kappa shape index (κ1) is 12.7. The van der Waals surface area contributed by atoms with E-state index in [0.717, 1.165) is 36.5 Å². The van der Waals surface area contributed by atoms with Crippen molar-refractivity contribution in [3.63, 3.8) is 0 Å². The molecular formula is C17H22O2. The van der Waals surface area contributed by atoms with Gasteiger partial charge < -0.3 is 4.74 Å². The van der Waals surface area contributed by atoms with E-state index in [1.54, 1.807) is 0 Å². The maximum Gasteiger partial charge on any atom is 0.140 e. The quantitative estimate of drug-likeness (QED) is 0.813. The topological polar surface area (TPSA) is 26.3 Å². The average molecular weight is 258 g/mol. The normalized spacial score (nSPS) is 22.8. The molecule has 1 atom stereocenters. The van der Waals surface area contributed by atoms with Crippen molar-refractivity contribution in [2.75, 3.05) is 6.61 Å². The number of para-hydroxylation sites is 1. The van der Waals surface area contributed by atoms with Crippen molar-refractivity contribution < 1.29 is 9.53 Å². The summed E-state index contributed by atoms with van der Waals surface area (Å²) in [4.78, 5) is 12.5. The lowest BCUT2D eigenvalue weighted by Crippen LogP contribution is -2.21. The Morgan fingerprint density at radius 3 is 2.79 bits per heavy atom. The van der Waals surface area contributed by atoms with E-state index in [4.69, 9.17) is 4.74 Å². The lowest BCUT2D eigenvalue weighted by molar-refractivity contribution is -0.121. The Morgan fingerprint density at radius 1 is 1.16 bits per heavy atom. The minimum atomic E-state index is 0.0753. The van der Waals surface area contributed by atoms with Crippen LogP contribution in [0.3, 0.4) is 0 Å².